The first kappa shape index (κ1) is 34.0. The van der Waals surface area contributed by atoms with E-state index in [0.29, 0.717) is 22.2 Å². The highest BCUT2D eigenvalue weighted by Crippen LogP contribution is 2.27. The summed E-state index contributed by atoms with van der Waals surface area (Å²) in [6.07, 6.45) is -1.38. The number of carbonyl (C=O) groups is 2. The van der Waals surface area contributed by atoms with Gasteiger partial charge in [0.05, 0.1) is 29.1 Å². The summed E-state index contributed by atoms with van der Waals surface area (Å²) in [7, 11) is -3.85. The highest BCUT2D eigenvalue weighted by molar-refractivity contribution is 9.10. The summed E-state index contributed by atoms with van der Waals surface area (Å²) < 4.78 is 46.6. The van der Waals surface area contributed by atoms with E-state index in [0.717, 1.165) is 10.5 Å². The number of ether oxygens (including phenoxy) is 3. The van der Waals surface area contributed by atoms with E-state index in [1.54, 1.807) is 71.9 Å². The SMILES string of the molecule is Cc1ccc(S(=O)(=O)OCCCOc2ccc(CN(C(=N)NC(=O)OC(C)(C)C)C(=O)OC(C)(C)C)cc2Br)cc1. The molecule has 41 heavy (non-hydrogen) atoms. The molecule has 0 fully saturated rings. The molecular weight excluding hydrogens is 618 g/mol. The second-order valence-electron chi connectivity index (χ2n) is 11.1. The molecule has 0 radical (unpaired) electrons. The van der Waals surface area contributed by atoms with Crippen molar-refractivity contribution in [2.24, 2.45) is 0 Å². The van der Waals surface area contributed by atoms with Crippen LogP contribution in [0.4, 0.5) is 9.59 Å². The van der Waals surface area contributed by atoms with E-state index in [1.165, 1.54) is 12.1 Å². The van der Waals surface area contributed by atoms with Crippen LogP contribution in [0.1, 0.15) is 59.1 Å². The first-order valence-corrected chi connectivity index (χ1v) is 15.0. The Morgan fingerprint density at radius 2 is 1.56 bits per heavy atom. The molecule has 0 spiro atoms. The van der Waals surface area contributed by atoms with Gasteiger partial charge in [-0.05, 0) is 94.2 Å². The average molecular weight is 657 g/mol. The highest BCUT2D eigenvalue weighted by atomic mass is 79.9. The summed E-state index contributed by atoms with van der Waals surface area (Å²) in [5.41, 5.74) is -0.0627. The Kier molecular flexibility index (Phi) is 11.7. The van der Waals surface area contributed by atoms with Crippen molar-refractivity contribution in [2.45, 2.75) is 77.5 Å². The number of aryl methyl sites for hydroxylation is 1. The minimum atomic E-state index is -3.85. The zero-order valence-corrected chi connectivity index (χ0v) is 26.8. The van der Waals surface area contributed by atoms with Gasteiger partial charge in [0.1, 0.15) is 17.0 Å². The summed E-state index contributed by atoms with van der Waals surface area (Å²) in [4.78, 5) is 26.2. The third-order valence-electron chi connectivity index (χ3n) is 4.93. The number of guanidine groups is 1. The van der Waals surface area contributed by atoms with Crippen LogP contribution >= 0.6 is 15.9 Å². The number of carbonyl (C=O) groups excluding carboxylic acids is 2. The number of nitrogens with one attached hydrogen (secondary N) is 2. The molecule has 0 aliphatic carbocycles. The molecule has 0 aromatic heterocycles. The molecule has 11 nitrogen and oxygen atoms in total. The van der Waals surface area contributed by atoms with Crippen LogP contribution in [0.25, 0.3) is 0 Å². The summed E-state index contributed by atoms with van der Waals surface area (Å²) >= 11 is 3.44. The van der Waals surface area contributed by atoms with Crippen LogP contribution in [0.3, 0.4) is 0 Å². The van der Waals surface area contributed by atoms with E-state index in [-0.39, 0.29) is 24.7 Å². The molecule has 0 aliphatic heterocycles. The zero-order valence-electron chi connectivity index (χ0n) is 24.4. The van der Waals surface area contributed by atoms with Crippen LogP contribution in [-0.4, -0.2) is 55.9 Å². The smallest absolute Gasteiger partial charge is 0.417 e. The van der Waals surface area contributed by atoms with Crippen molar-refractivity contribution in [1.82, 2.24) is 10.2 Å². The molecule has 226 valence electrons. The lowest BCUT2D eigenvalue weighted by Gasteiger charge is -2.28. The van der Waals surface area contributed by atoms with Crippen molar-refractivity contribution in [3.05, 3.63) is 58.1 Å². The van der Waals surface area contributed by atoms with Crippen LogP contribution in [0.15, 0.2) is 51.8 Å². The topological polar surface area (TPSA) is 144 Å². The minimum Gasteiger partial charge on any atom is -0.492 e. The van der Waals surface area contributed by atoms with Crippen LogP contribution in [0.5, 0.6) is 5.75 Å². The summed E-state index contributed by atoms with van der Waals surface area (Å²) in [6, 6.07) is 11.5. The molecule has 0 bridgehead atoms. The molecule has 0 atom stereocenters. The van der Waals surface area contributed by atoms with E-state index < -0.39 is 39.5 Å². The second-order valence-corrected chi connectivity index (χ2v) is 13.6. The maximum absolute atomic E-state index is 12.9. The predicted molar refractivity (Wildman–Crippen MR) is 157 cm³/mol. The number of alkyl carbamates (subject to hydrolysis) is 1. The molecule has 13 heteroatoms. The number of rotatable bonds is 9. The van der Waals surface area contributed by atoms with Gasteiger partial charge < -0.3 is 14.2 Å². The van der Waals surface area contributed by atoms with Gasteiger partial charge >= 0.3 is 12.2 Å². The van der Waals surface area contributed by atoms with Gasteiger partial charge in [0.2, 0.25) is 5.96 Å². The Hall–Kier alpha value is -3.16. The predicted octanol–water partition coefficient (Wildman–Crippen LogP) is 6.13. The molecule has 2 aromatic rings. The molecule has 0 heterocycles. The zero-order chi connectivity index (χ0) is 31.0. The van der Waals surface area contributed by atoms with Crippen molar-refractivity contribution in [1.29, 1.82) is 5.41 Å². The fourth-order valence-electron chi connectivity index (χ4n) is 3.14. The maximum Gasteiger partial charge on any atom is 0.417 e. The summed E-state index contributed by atoms with van der Waals surface area (Å²) in [5.74, 6) is -0.0218. The Labute approximate surface area is 250 Å². The minimum absolute atomic E-state index is 0.0521. The summed E-state index contributed by atoms with van der Waals surface area (Å²) in [6.45, 7) is 12.0. The molecule has 0 aliphatic rings. The van der Waals surface area contributed by atoms with Crippen molar-refractivity contribution < 1.29 is 36.4 Å². The van der Waals surface area contributed by atoms with Crippen molar-refractivity contribution in [3.8, 4) is 5.75 Å². The number of benzene rings is 2. The van der Waals surface area contributed by atoms with Gasteiger partial charge in [-0.2, -0.15) is 8.42 Å². The van der Waals surface area contributed by atoms with Crippen LogP contribution < -0.4 is 10.1 Å². The molecule has 0 saturated carbocycles. The van der Waals surface area contributed by atoms with Gasteiger partial charge in [-0.1, -0.05) is 23.8 Å². The van der Waals surface area contributed by atoms with E-state index >= 15 is 0 Å². The van der Waals surface area contributed by atoms with Gasteiger partial charge in [0, 0.05) is 6.42 Å². The van der Waals surface area contributed by atoms with Crippen LogP contribution in [-0.2, 0) is 30.3 Å². The molecule has 0 saturated heterocycles. The van der Waals surface area contributed by atoms with E-state index in [2.05, 4.69) is 21.2 Å². The maximum atomic E-state index is 12.9. The lowest BCUT2D eigenvalue weighted by atomic mass is 10.2. The van der Waals surface area contributed by atoms with E-state index in [4.69, 9.17) is 23.8 Å². The number of hydrogen-bond acceptors (Lipinski definition) is 9. The van der Waals surface area contributed by atoms with Crippen molar-refractivity contribution in [3.63, 3.8) is 0 Å². The first-order chi connectivity index (χ1) is 18.9. The van der Waals surface area contributed by atoms with Gasteiger partial charge in [-0.3, -0.25) is 14.9 Å². The number of hydrogen-bond donors (Lipinski definition) is 2. The third-order valence-corrected chi connectivity index (χ3v) is 6.88. The monoisotopic (exact) mass is 655 g/mol. The normalized spacial score (nSPS) is 11.9. The Bertz CT molecular complexity index is 1330. The van der Waals surface area contributed by atoms with Gasteiger partial charge in [-0.25, -0.2) is 14.5 Å². The summed E-state index contributed by atoms with van der Waals surface area (Å²) in [5, 5.41) is 10.6. The number of amides is 2. The Morgan fingerprint density at radius 1 is 0.951 bits per heavy atom. The number of halogens is 1. The average Bonchev–Trinajstić information content (AvgIpc) is 2.81. The van der Waals surface area contributed by atoms with E-state index in [9.17, 15) is 18.0 Å². The quantitative estimate of drug-likeness (QED) is 0.142. The lowest BCUT2D eigenvalue weighted by molar-refractivity contribution is 0.0346. The van der Waals surface area contributed by atoms with E-state index in [1.807, 2.05) is 6.92 Å². The number of nitrogens with zero attached hydrogens (tertiary/aromatic N) is 1. The second kappa shape index (κ2) is 14.1. The molecule has 2 amide bonds. The Balaban J connectivity index is 2.00. The van der Waals surface area contributed by atoms with Gasteiger partial charge in [0.15, 0.2) is 0 Å². The fraction of sp³-hybridized carbons (Fsp3) is 0.464. The van der Waals surface area contributed by atoms with Crippen LogP contribution in [0, 0.1) is 12.3 Å². The lowest BCUT2D eigenvalue weighted by Crippen LogP contribution is -2.49. The standard InChI is InChI=1S/C28H38BrN3O8S/c1-19-9-12-21(13-10-19)41(35,36)38-16-8-15-37-23-14-11-20(17-22(23)29)18-32(26(34)40-28(5,6)7)24(30)31-25(33)39-27(2,3)4/h9-14,17H,8,15-16,18H2,1-7H3,(H2,30,31,33). The van der Waals surface area contributed by atoms with Crippen LogP contribution in [0.2, 0.25) is 0 Å². The molecule has 0 unspecified atom stereocenters. The first-order valence-electron chi connectivity index (χ1n) is 12.8. The fourth-order valence-corrected chi connectivity index (χ4v) is 4.63. The van der Waals surface area contributed by atoms with Crippen molar-refractivity contribution >= 4 is 44.2 Å². The molecule has 2 rings (SSSR count). The largest absolute Gasteiger partial charge is 0.492 e. The highest BCUT2D eigenvalue weighted by Gasteiger charge is 2.28. The van der Waals surface area contributed by atoms with Gasteiger partial charge in [-0.15, -0.1) is 0 Å². The van der Waals surface area contributed by atoms with Gasteiger partial charge in [0.25, 0.3) is 10.1 Å². The molecule has 2 aromatic carbocycles. The molecular formula is C28H38BrN3O8S. The van der Waals surface area contributed by atoms with Crippen molar-refractivity contribution in [2.75, 3.05) is 13.2 Å². The Morgan fingerprint density at radius 3 is 2.12 bits per heavy atom. The molecule has 2 N–H and O–H groups in total. The third kappa shape index (κ3) is 12.1.